The molecule has 0 fully saturated rings. The number of rotatable bonds is 5. The topological polar surface area (TPSA) is 74.8 Å². The van der Waals surface area contributed by atoms with Crippen LogP contribution in [0.1, 0.15) is 11.1 Å². The predicted octanol–water partition coefficient (Wildman–Crippen LogP) is 3.63. The molecule has 0 aliphatic heterocycles. The Labute approximate surface area is 169 Å². The molecule has 0 aliphatic carbocycles. The molecule has 9 heteroatoms. The highest BCUT2D eigenvalue weighted by molar-refractivity contribution is 7.19. The summed E-state index contributed by atoms with van der Waals surface area (Å²) in [4.78, 5) is 17.8. The predicted molar refractivity (Wildman–Crippen MR) is 108 cm³/mol. The summed E-state index contributed by atoms with van der Waals surface area (Å²) in [5.41, 5.74) is 2.94. The molecule has 0 aliphatic rings. The lowest BCUT2D eigenvalue weighted by atomic mass is 10.1. The zero-order valence-electron chi connectivity index (χ0n) is 15.2. The molecule has 0 atom stereocenters. The lowest BCUT2D eigenvalue weighted by Gasteiger charge is -2.12. The van der Waals surface area contributed by atoms with E-state index in [-0.39, 0.29) is 12.3 Å². The molecule has 0 N–H and O–H groups in total. The normalized spacial score (nSPS) is 11.0. The van der Waals surface area contributed by atoms with Crippen molar-refractivity contribution in [2.45, 2.75) is 13.5 Å². The second kappa shape index (κ2) is 7.57. The third-order valence-corrected chi connectivity index (χ3v) is 5.50. The van der Waals surface area contributed by atoms with Crippen molar-refractivity contribution >= 4 is 22.9 Å². The van der Waals surface area contributed by atoms with Gasteiger partial charge in [-0.1, -0.05) is 29.8 Å². The smallest absolute Gasteiger partial charge is 0.368 e. The van der Waals surface area contributed by atoms with Crippen molar-refractivity contribution in [1.82, 2.24) is 24.8 Å². The van der Waals surface area contributed by atoms with Gasteiger partial charge in [-0.25, -0.2) is 9.78 Å². The number of hydrogen-bond acceptors (Lipinski definition) is 6. The van der Waals surface area contributed by atoms with E-state index >= 15 is 0 Å². The average molecular weight is 414 g/mol. The second-order valence-electron chi connectivity index (χ2n) is 6.12. The molecule has 7 nitrogen and oxygen atoms in total. The SMILES string of the molecule is Cc1cccc(-n2nnn(C)c2=O)c1COc1cccc(-c2ccc(Cl)s2)n1. The van der Waals surface area contributed by atoms with Gasteiger partial charge in [0.2, 0.25) is 5.88 Å². The van der Waals surface area contributed by atoms with Crippen molar-refractivity contribution in [1.29, 1.82) is 0 Å². The zero-order valence-corrected chi connectivity index (χ0v) is 16.7. The maximum atomic E-state index is 12.2. The van der Waals surface area contributed by atoms with E-state index in [0.717, 1.165) is 21.7 Å². The summed E-state index contributed by atoms with van der Waals surface area (Å²) in [6.45, 7) is 2.20. The largest absolute Gasteiger partial charge is 0.473 e. The third kappa shape index (κ3) is 3.56. The van der Waals surface area contributed by atoms with E-state index in [2.05, 4.69) is 15.4 Å². The number of ether oxygens (including phenoxy) is 1. The van der Waals surface area contributed by atoms with Gasteiger partial charge in [-0.05, 0) is 47.2 Å². The van der Waals surface area contributed by atoms with Gasteiger partial charge < -0.3 is 4.74 Å². The molecule has 142 valence electrons. The van der Waals surface area contributed by atoms with Crippen LogP contribution in [0.25, 0.3) is 16.3 Å². The molecule has 4 rings (SSSR count). The molecular formula is C19H16ClN5O2S. The van der Waals surface area contributed by atoms with E-state index in [1.165, 1.54) is 20.7 Å². The summed E-state index contributed by atoms with van der Waals surface area (Å²) >= 11 is 7.48. The Morgan fingerprint density at radius 2 is 1.93 bits per heavy atom. The van der Waals surface area contributed by atoms with E-state index in [0.29, 0.717) is 15.9 Å². The standard InChI is InChI=1S/C19H16ClN5O2S/c1-12-5-3-7-15(25-19(26)24(2)22-23-25)13(12)11-27-18-8-4-6-14(21-18)16-9-10-17(20)28-16/h3-10H,11H2,1-2H3. The Morgan fingerprint density at radius 1 is 1.11 bits per heavy atom. The number of tetrazole rings is 1. The van der Waals surface area contributed by atoms with Crippen LogP contribution >= 0.6 is 22.9 Å². The Hall–Kier alpha value is -2.97. The van der Waals surface area contributed by atoms with E-state index in [1.54, 1.807) is 13.1 Å². The first-order chi connectivity index (χ1) is 13.5. The first-order valence-corrected chi connectivity index (χ1v) is 9.66. The van der Waals surface area contributed by atoms with Crippen molar-refractivity contribution in [3.05, 3.63) is 74.5 Å². The van der Waals surface area contributed by atoms with E-state index < -0.39 is 0 Å². The van der Waals surface area contributed by atoms with Gasteiger partial charge in [-0.3, -0.25) is 0 Å². The summed E-state index contributed by atoms with van der Waals surface area (Å²) in [6.07, 6.45) is 0. The number of benzene rings is 1. The highest BCUT2D eigenvalue weighted by atomic mass is 35.5. The molecule has 3 aromatic heterocycles. The van der Waals surface area contributed by atoms with E-state index in [9.17, 15) is 4.79 Å². The minimum atomic E-state index is -0.318. The number of halogens is 1. The van der Waals surface area contributed by atoms with Gasteiger partial charge in [0, 0.05) is 18.7 Å². The zero-order chi connectivity index (χ0) is 19.7. The van der Waals surface area contributed by atoms with E-state index in [1.807, 2.05) is 49.4 Å². The Balaban J connectivity index is 1.63. The van der Waals surface area contributed by atoms with Crippen LogP contribution in [0, 0.1) is 6.92 Å². The number of nitrogens with zero attached hydrogens (tertiary/aromatic N) is 5. The number of pyridine rings is 1. The van der Waals surface area contributed by atoms with E-state index in [4.69, 9.17) is 16.3 Å². The molecule has 3 heterocycles. The van der Waals surface area contributed by atoms with Crippen LogP contribution < -0.4 is 10.4 Å². The molecule has 0 saturated heterocycles. The summed E-state index contributed by atoms with van der Waals surface area (Å²) in [6, 6.07) is 15.0. The number of aryl methyl sites for hydroxylation is 2. The quantitative estimate of drug-likeness (QED) is 0.499. The van der Waals surface area contributed by atoms with Gasteiger partial charge in [0.15, 0.2) is 0 Å². The van der Waals surface area contributed by atoms with Crippen LogP contribution in [0.3, 0.4) is 0 Å². The van der Waals surface area contributed by atoms with Crippen LogP contribution in [-0.4, -0.2) is 24.8 Å². The number of aromatic nitrogens is 5. The minimum Gasteiger partial charge on any atom is -0.473 e. The summed E-state index contributed by atoms with van der Waals surface area (Å²) in [5.74, 6) is 0.489. The molecule has 4 aromatic rings. The van der Waals surface area contributed by atoms with Crippen LogP contribution in [-0.2, 0) is 13.7 Å². The molecule has 0 saturated carbocycles. The molecular weight excluding hydrogens is 398 g/mol. The van der Waals surface area contributed by atoms with Crippen molar-refractivity contribution in [2.75, 3.05) is 0 Å². The maximum absolute atomic E-state index is 12.2. The Kier molecular flexibility index (Phi) is 4.97. The van der Waals surface area contributed by atoms with Crippen molar-refractivity contribution in [3.63, 3.8) is 0 Å². The van der Waals surface area contributed by atoms with Gasteiger partial charge >= 0.3 is 5.69 Å². The fourth-order valence-corrected chi connectivity index (χ4v) is 3.78. The number of thiophene rings is 1. The molecule has 0 spiro atoms. The molecule has 0 amide bonds. The Bertz CT molecular complexity index is 1200. The van der Waals surface area contributed by atoms with Gasteiger partial charge in [-0.15, -0.1) is 11.3 Å². The van der Waals surface area contributed by atoms with Crippen LogP contribution in [0.2, 0.25) is 4.34 Å². The van der Waals surface area contributed by atoms with Crippen molar-refractivity contribution in [2.24, 2.45) is 7.05 Å². The molecule has 0 unspecified atom stereocenters. The summed E-state index contributed by atoms with van der Waals surface area (Å²) < 4.78 is 9.10. The van der Waals surface area contributed by atoms with Crippen LogP contribution in [0.5, 0.6) is 5.88 Å². The molecule has 1 aromatic carbocycles. The lowest BCUT2D eigenvalue weighted by Crippen LogP contribution is -2.23. The third-order valence-electron chi connectivity index (χ3n) is 4.25. The first-order valence-electron chi connectivity index (χ1n) is 8.46. The first kappa shape index (κ1) is 18.4. The minimum absolute atomic E-state index is 0.243. The molecule has 28 heavy (non-hydrogen) atoms. The van der Waals surface area contributed by atoms with Crippen LogP contribution in [0.4, 0.5) is 0 Å². The summed E-state index contributed by atoms with van der Waals surface area (Å²) in [7, 11) is 1.56. The number of hydrogen-bond donors (Lipinski definition) is 0. The highest BCUT2D eigenvalue weighted by Crippen LogP contribution is 2.30. The Morgan fingerprint density at radius 3 is 2.64 bits per heavy atom. The monoisotopic (exact) mass is 413 g/mol. The average Bonchev–Trinajstić information content (AvgIpc) is 3.27. The second-order valence-corrected chi connectivity index (χ2v) is 7.84. The highest BCUT2D eigenvalue weighted by Gasteiger charge is 2.14. The van der Waals surface area contributed by atoms with Crippen LogP contribution in [0.15, 0.2) is 53.3 Å². The molecule has 0 radical (unpaired) electrons. The fraction of sp³-hybridized carbons (Fsp3) is 0.158. The molecule has 0 bridgehead atoms. The maximum Gasteiger partial charge on any atom is 0.368 e. The van der Waals surface area contributed by atoms with Crippen molar-refractivity contribution < 1.29 is 4.74 Å². The van der Waals surface area contributed by atoms with Gasteiger partial charge in [0.25, 0.3) is 0 Å². The van der Waals surface area contributed by atoms with Gasteiger partial charge in [0.1, 0.15) is 6.61 Å². The fourth-order valence-electron chi connectivity index (χ4n) is 2.77. The summed E-state index contributed by atoms with van der Waals surface area (Å²) in [5, 5.41) is 7.72. The van der Waals surface area contributed by atoms with Crippen molar-refractivity contribution in [3.8, 4) is 22.1 Å². The lowest BCUT2D eigenvalue weighted by molar-refractivity contribution is 0.293. The van der Waals surface area contributed by atoms with Gasteiger partial charge in [0.05, 0.1) is 20.6 Å². The van der Waals surface area contributed by atoms with Gasteiger partial charge in [-0.2, -0.15) is 9.36 Å².